The summed E-state index contributed by atoms with van der Waals surface area (Å²) in [5.74, 6) is 0.966. The Hall–Kier alpha value is -1.58. The molecule has 0 aromatic heterocycles. The summed E-state index contributed by atoms with van der Waals surface area (Å²) < 4.78 is 5.88. The Kier molecular flexibility index (Phi) is 4.19. The highest BCUT2D eigenvalue weighted by atomic mass is 16.5. The van der Waals surface area contributed by atoms with E-state index < -0.39 is 0 Å². The van der Waals surface area contributed by atoms with Crippen LogP contribution in [-0.2, 0) is 0 Å². The number of nitrogens with one attached hydrogen (secondary N) is 1. The van der Waals surface area contributed by atoms with Crippen LogP contribution in [0.15, 0.2) is 42.5 Å². The molecule has 20 heavy (non-hydrogen) atoms. The van der Waals surface area contributed by atoms with Gasteiger partial charge >= 0.3 is 0 Å². The Labute approximate surface area is 120 Å². The minimum atomic E-state index is 0.649. The molecule has 3 heteroatoms. The van der Waals surface area contributed by atoms with Crippen molar-refractivity contribution in [3.05, 3.63) is 42.5 Å². The van der Waals surface area contributed by atoms with Gasteiger partial charge in [-0.1, -0.05) is 30.3 Å². The topological polar surface area (TPSA) is 24.5 Å². The first kappa shape index (κ1) is 13.4. The van der Waals surface area contributed by atoms with Crippen molar-refractivity contribution in [1.29, 1.82) is 0 Å². The van der Waals surface area contributed by atoms with Gasteiger partial charge in [-0.05, 0) is 42.9 Å². The Balaban J connectivity index is 1.52. The highest BCUT2D eigenvalue weighted by Crippen LogP contribution is 2.20. The fourth-order valence-electron chi connectivity index (χ4n) is 2.82. The van der Waals surface area contributed by atoms with Gasteiger partial charge in [0.1, 0.15) is 12.4 Å². The first-order valence-corrected chi connectivity index (χ1v) is 7.36. The maximum atomic E-state index is 5.88. The zero-order chi connectivity index (χ0) is 13.8. The van der Waals surface area contributed by atoms with Crippen molar-refractivity contribution in [2.45, 2.75) is 12.5 Å². The summed E-state index contributed by atoms with van der Waals surface area (Å²) in [7, 11) is 2.04. The van der Waals surface area contributed by atoms with Crippen LogP contribution in [0.4, 0.5) is 0 Å². The van der Waals surface area contributed by atoms with Gasteiger partial charge in [-0.3, -0.25) is 4.90 Å². The number of likely N-dealkylation sites (tertiary alicyclic amines) is 1. The molecule has 106 valence electrons. The number of hydrogen-bond acceptors (Lipinski definition) is 3. The van der Waals surface area contributed by atoms with Gasteiger partial charge in [-0.25, -0.2) is 0 Å². The molecular formula is C17H22N2O. The van der Waals surface area contributed by atoms with E-state index in [2.05, 4.69) is 52.7 Å². The average molecular weight is 270 g/mol. The van der Waals surface area contributed by atoms with Gasteiger partial charge in [0.2, 0.25) is 0 Å². The molecule has 0 bridgehead atoms. The number of benzene rings is 2. The SMILES string of the molecule is CNC1CCN(CCOc2ccc3ccccc3c2)C1. The van der Waals surface area contributed by atoms with Crippen LogP contribution in [0.3, 0.4) is 0 Å². The van der Waals surface area contributed by atoms with Crippen LogP contribution < -0.4 is 10.1 Å². The van der Waals surface area contributed by atoms with Crippen molar-refractivity contribution in [3.8, 4) is 5.75 Å². The predicted octanol–water partition coefficient (Wildman–Crippen LogP) is 2.51. The van der Waals surface area contributed by atoms with E-state index in [1.807, 2.05) is 7.05 Å². The van der Waals surface area contributed by atoms with Gasteiger partial charge in [-0.15, -0.1) is 0 Å². The Morgan fingerprint density at radius 2 is 2.05 bits per heavy atom. The molecule has 1 atom stereocenters. The van der Waals surface area contributed by atoms with Crippen LogP contribution in [0.25, 0.3) is 10.8 Å². The highest BCUT2D eigenvalue weighted by molar-refractivity contribution is 5.83. The molecule has 3 nitrogen and oxygen atoms in total. The molecule has 1 aliphatic heterocycles. The van der Waals surface area contributed by atoms with Crippen molar-refractivity contribution in [1.82, 2.24) is 10.2 Å². The summed E-state index contributed by atoms with van der Waals surface area (Å²) in [5, 5.41) is 5.84. The summed E-state index contributed by atoms with van der Waals surface area (Å²) >= 11 is 0. The Bertz CT molecular complexity index is 570. The number of hydrogen-bond donors (Lipinski definition) is 1. The second-order valence-electron chi connectivity index (χ2n) is 5.43. The van der Waals surface area contributed by atoms with Crippen molar-refractivity contribution < 1.29 is 4.74 Å². The molecular weight excluding hydrogens is 248 g/mol. The smallest absolute Gasteiger partial charge is 0.120 e. The molecule has 0 spiro atoms. The second kappa shape index (κ2) is 6.25. The minimum Gasteiger partial charge on any atom is -0.492 e. The maximum absolute atomic E-state index is 5.88. The molecule has 1 unspecified atom stereocenters. The van der Waals surface area contributed by atoms with Gasteiger partial charge in [0.05, 0.1) is 0 Å². The van der Waals surface area contributed by atoms with Gasteiger partial charge in [0.15, 0.2) is 0 Å². The molecule has 2 aromatic carbocycles. The lowest BCUT2D eigenvalue weighted by atomic mass is 10.1. The highest BCUT2D eigenvalue weighted by Gasteiger charge is 2.20. The van der Waals surface area contributed by atoms with E-state index in [4.69, 9.17) is 4.74 Å². The van der Waals surface area contributed by atoms with Crippen LogP contribution in [-0.4, -0.2) is 44.2 Å². The van der Waals surface area contributed by atoms with E-state index in [-0.39, 0.29) is 0 Å². The van der Waals surface area contributed by atoms with Gasteiger partial charge in [-0.2, -0.15) is 0 Å². The molecule has 0 radical (unpaired) electrons. The Morgan fingerprint density at radius 3 is 2.85 bits per heavy atom. The van der Waals surface area contributed by atoms with E-state index >= 15 is 0 Å². The number of likely N-dealkylation sites (N-methyl/N-ethyl adjacent to an activating group) is 1. The summed E-state index contributed by atoms with van der Waals surface area (Å²) in [6.45, 7) is 4.07. The quantitative estimate of drug-likeness (QED) is 0.903. The van der Waals surface area contributed by atoms with Crippen molar-refractivity contribution in [2.75, 3.05) is 33.3 Å². The predicted molar refractivity (Wildman–Crippen MR) is 83.3 cm³/mol. The molecule has 3 rings (SSSR count). The molecule has 2 aromatic rings. The lowest BCUT2D eigenvalue weighted by Gasteiger charge is -2.16. The molecule has 0 saturated carbocycles. The van der Waals surface area contributed by atoms with E-state index in [0.29, 0.717) is 6.04 Å². The van der Waals surface area contributed by atoms with Crippen LogP contribution >= 0.6 is 0 Å². The molecule has 1 heterocycles. The van der Waals surface area contributed by atoms with E-state index in [1.165, 1.54) is 23.7 Å². The molecule has 1 fully saturated rings. The van der Waals surface area contributed by atoms with Crippen LogP contribution in [0, 0.1) is 0 Å². The summed E-state index contributed by atoms with van der Waals surface area (Å²) in [5.41, 5.74) is 0. The first-order valence-electron chi connectivity index (χ1n) is 7.36. The van der Waals surface area contributed by atoms with Crippen molar-refractivity contribution in [2.24, 2.45) is 0 Å². The third kappa shape index (κ3) is 3.11. The minimum absolute atomic E-state index is 0.649. The lowest BCUT2D eigenvalue weighted by Crippen LogP contribution is -2.31. The molecule has 0 aliphatic carbocycles. The standard InChI is InChI=1S/C17H22N2O/c1-18-16-8-9-19(13-16)10-11-20-17-7-6-14-4-2-3-5-15(14)12-17/h2-7,12,16,18H,8-11,13H2,1H3. The van der Waals surface area contributed by atoms with Crippen molar-refractivity contribution in [3.63, 3.8) is 0 Å². The van der Waals surface area contributed by atoms with Crippen LogP contribution in [0.1, 0.15) is 6.42 Å². The number of rotatable bonds is 5. The van der Waals surface area contributed by atoms with Crippen LogP contribution in [0.2, 0.25) is 0 Å². The zero-order valence-electron chi connectivity index (χ0n) is 12.0. The lowest BCUT2D eigenvalue weighted by molar-refractivity contribution is 0.235. The largest absolute Gasteiger partial charge is 0.492 e. The van der Waals surface area contributed by atoms with Gasteiger partial charge in [0, 0.05) is 19.1 Å². The van der Waals surface area contributed by atoms with E-state index in [1.54, 1.807) is 0 Å². The van der Waals surface area contributed by atoms with Gasteiger partial charge < -0.3 is 10.1 Å². The molecule has 1 aliphatic rings. The first-order chi connectivity index (χ1) is 9.85. The van der Waals surface area contributed by atoms with E-state index in [0.717, 1.165) is 25.4 Å². The Morgan fingerprint density at radius 1 is 1.20 bits per heavy atom. The summed E-state index contributed by atoms with van der Waals surface area (Å²) in [6, 6.07) is 15.3. The van der Waals surface area contributed by atoms with E-state index in [9.17, 15) is 0 Å². The number of ether oxygens (including phenoxy) is 1. The summed E-state index contributed by atoms with van der Waals surface area (Å²) in [4.78, 5) is 2.46. The third-order valence-corrected chi connectivity index (χ3v) is 4.08. The monoisotopic (exact) mass is 270 g/mol. The normalized spacial score (nSPS) is 19.6. The molecule has 1 saturated heterocycles. The molecule has 1 N–H and O–H groups in total. The fourth-order valence-corrected chi connectivity index (χ4v) is 2.82. The molecule has 0 amide bonds. The maximum Gasteiger partial charge on any atom is 0.120 e. The third-order valence-electron chi connectivity index (χ3n) is 4.08. The number of fused-ring (bicyclic) bond motifs is 1. The second-order valence-corrected chi connectivity index (χ2v) is 5.43. The van der Waals surface area contributed by atoms with Gasteiger partial charge in [0.25, 0.3) is 0 Å². The zero-order valence-corrected chi connectivity index (χ0v) is 12.0. The van der Waals surface area contributed by atoms with Crippen LogP contribution in [0.5, 0.6) is 5.75 Å². The van der Waals surface area contributed by atoms with Crippen molar-refractivity contribution >= 4 is 10.8 Å². The number of nitrogens with zero attached hydrogens (tertiary/aromatic N) is 1. The summed E-state index contributed by atoms with van der Waals surface area (Å²) in [6.07, 6.45) is 1.24. The average Bonchev–Trinajstić information content (AvgIpc) is 2.95. The fraction of sp³-hybridized carbons (Fsp3) is 0.412.